The zero-order valence-electron chi connectivity index (χ0n) is 17.2. The molecule has 0 saturated carbocycles. The Morgan fingerprint density at radius 1 is 0.643 bits per heavy atom. The number of hydrogen-bond acceptors (Lipinski definition) is 8. The first-order valence-corrected chi connectivity index (χ1v) is 9.77. The van der Waals surface area contributed by atoms with E-state index in [4.69, 9.17) is 19.7 Å². The average molecular weight is 405 g/mol. The molecule has 1 rings (SSSR count). The third-order valence-corrected chi connectivity index (χ3v) is 4.65. The first-order valence-electron chi connectivity index (χ1n) is 9.77. The molecule has 1 saturated heterocycles. The molecule has 28 heavy (non-hydrogen) atoms. The second-order valence-electron chi connectivity index (χ2n) is 7.17. The van der Waals surface area contributed by atoms with Crippen molar-refractivity contribution in [2.24, 2.45) is 0 Å². The fourth-order valence-electron chi connectivity index (χ4n) is 2.80. The molecule has 1 aliphatic heterocycles. The maximum absolute atomic E-state index is 11.1. The van der Waals surface area contributed by atoms with Crippen LogP contribution < -0.4 is 0 Å². The van der Waals surface area contributed by atoms with Gasteiger partial charge in [-0.05, 0) is 14.1 Å². The maximum Gasteiger partial charge on any atom is 0.317 e. The second-order valence-corrected chi connectivity index (χ2v) is 7.17. The molecule has 1 aliphatic rings. The highest BCUT2D eigenvalue weighted by molar-refractivity contribution is 5.69. The molecule has 10 heteroatoms. The summed E-state index contributed by atoms with van der Waals surface area (Å²) in [4.78, 5) is 30.2. The first kappa shape index (κ1) is 24.7. The van der Waals surface area contributed by atoms with E-state index in [1.54, 1.807) is 9.80 Å². The zero-order chi connectivity index (χ0) is 20.8. The standard InChI is InChI=1S/C18H36N4O6/c1-19-3-4-20(2)8-12-28-14-10-22(16-18(25)26)6-5-21(15-17(23)24)9-13-27-11-7-19/h3-16H2,1-2H3,(H,23,24)(H,25,26). The van der Waals surface area contributed by atoms with Gasteiger partial charge in [0.15, 0.2) is 0 Å². The first-order chi connectivity index (χ1) is 13.4. The SMILES string of the molecule is CN1CCOCCN(CC(=O)O)CCN(CC(=O)O)CCOCCN(C)CC1. The van der Waals surface area contributed by atoms with Crippen molar-refractivity contribution in [2.75, 3.05) is 106 Å². The Bertz CT molecular complexity index is 414. The summed E-state index contributed by atoms with van der Waals surface area (Å²) in [5, 5.41) is 18.2. The quantitative estimate of drug-likeness (QED) is 0.585. The summed E-state index contributed by atoms with van der Waals surface area (Å²) >= 11 is 0. The Morgan fingerprint density at radius 3 is 1.36 bits per heavy atom. The molecule has 0 unspecified atom stereocenters. The lowest BCUT2D eigenvalue weighted by Crippen LogP contribution is -2.42. The molecule has 0 aromatic rings. The summed E-state index contributed by atoms with van der Waals surface area (Å²) in [5.74, 6) is -1.81. The van der Waals surface area contributed by atoms with Crippen LogP contribution in [0.5, 0.6) is 0 Å². The number of carboxylic acids is 2. The summed E-state index contributed by atoms with van der Waals surface area (Å²) in [6, 6.07) is 0. The lowest BCUT2D eigenvalue weighted by molar-refractivity contribution is -0.140. The van der Waals surface area contributed by atoms with E-state index in [1.165, 1.54) is 0 Å². The minimum absolute atomic E-state index is 0.0903. The molecule has 10 nitrogen and oxygen atoms in total. The highest BCUT2D eigenvalue weighted by Gasteiger charge is 2.15. The van der Waals surface area contributed by atoms with Gasteiger partial charge in [0.2, 0.25) is 0 Å². The number of nitrogens with zero attached hydrogens (tertiary/aromatic N) is 4. The van der Waals surface area contributed by atoms with E-state index in [1.807, 2.05) is 0 Å². The molecule has 0 aromatic heterocycles. The molecule has 0 spiro atoms. The number of ether oxygens (including phenoxy) is 2. The van der Waals surface area contributed by atoms with E-state index in [2.05, 4.69) is 23.9 Å². The Balaban J connectivity index is 2.61. The monoisotopic (exact) mass is 404 g/mol. The van der Waals surface area contributed by atoms with Crippen LogP contribution in [-0.2, 0) is 19.1 Å². The van der Waals surface area contributed by atoms with Crippen molar-refractivity contribution in [1.82, 2.24) is 19.6 Å². The van der Waals surface area contributed by atoms with Crippen molar-refractivity contribution in [3.05, 3.63) is 0 Å². The molecule has 164 valence electrons. The van der Waals surface area contributed by atoms with Crippen LogP contribution >= 0.6 is 0 Å². The van der Waals surface area contributed by atoms with Gasteiger partial charge in [0.1, 0.15) is 0 Å². The summed E-state index contributed by atoms with van der Waals surface area (Å²) in [7, 11) is 4.11. The largest absolute Gasteiger partial charge is 0.480 e. The van der Waals surface area contributed by atoms with E-state index in [0.717, 1.165) is 26.2 Å². The van der Waals surface area contributed by atoms with Gasteiger partial charge in [0.25, 0.3) is 0 Å². The topological polar surface area (TPSA) is 106 Å². The van der Waals surface area contributed by atoms with Crippen LogP contribution in [0.3, 0.4) is 0 Å². The van der Waals surface area contributed by atoms with Crippen LogP contribution in [0.4, 0.5) is 0 Å². The van der Waals surface area contributed by atoms with Crippen LogP contribution in [0.1, 0.15) is 0 Å². The van der Waals surface area contributed by atoms with Gasteiger partial charge in [0.05, 0.1) is 39.5 Å². The van der Waals surface area contributed by atoms with Crippen molar-refractivity contribution in [3.8, 4) is 0 Å². The molecular formula is C18H36N4O6. The van der Waals surface area contributed by atoms with Crippen LogP contribution in [0.15, 0.2) is 0 Å². The van der Waals surface area contributed by atoms with Gasteiger partial charge in [-0.2, -0.15) is 0 Å². The minimum atomic E-state index is -0.904. The Hall–Kier alpha value is -1.30. The van der Waals surface area contributed by atoms with E-state index < -0.39 is 11.9 Å². The molecule has 0 aromatic carbocycles. The van der Waals surface area contributed by atoms with Gasteiger partial charge in [-0.25, -0.2) is 0 Å². The van der Waals surface area contributed by atoms with Crippen molar-refractivity contribution >= 4 is 11.9 Å². The maximum atomic E-state index is 11.1. The van der Waals surface area contributed by atoms with Gasteiger partial charge in [-0.1, -0.05) is 0 Å². The van der Waals surface area contributed by atoms with E-state index in [-0.39, 0.29) is 13.1 Å². The molecule has 0 aliphatic carbocycles. The predicted octanol–water partition coefficient (Wildman–Crippen LogP) is -1.33. The number of likely N-dealkylation sites (N-methyl/N-ethyl adjacent to an activating group) is 2. The predicted molar refractivity (Wildman–Crippen MR) is 105 cm³/mol. The molecule has 0 amide bonds. The zero-order valence-corrected chi connectivity index (χ0v) is 17.2. The molecule has 0 atom stereocenters. The van der Waals surface area contributed by atoms with E-state index in [9.17, 15) is 9.59 Å². The lowest BCUT2D eigenvalue weighted by Gasteiger charge is -2.26. The van der Waals surface area contributed by atoms with Crippen LogP contribution in [-0.4, -0.2) is 148 Å². The number of aliphatic carboxylic acids is 2. The summed E-state index contributed by atoms with van der Waals surface area (Å²) in [6.07, 6.45) is 0. The highest BCUT2D eigenvalue weighted by atomic mass is 16.5. The smallest absolute Gasteiger partial charge is 0.317 e. The minimum Gasteiger partial charge on any atom is -0.480 e. The number of hydrogen-bond donors (Lipinski definition) is 2. The Morgan fingerprint density at radius 2 is 1.00 bits per heavy atom. The number of rotatable bonds is 4. The highest BCUT2D eigenvalue weighted by Crippen LogP contribution is 1.96. The van der Waals surface area contributed by atoms with Gasteiger partial charge in [-0.3, -0.25) is 19.4 Å². The Labute approximate surface area is 167 Å². The van der Waals surface area contributed by atoms with Crippen molar-refractivity contribution in [2.45, 2.75) is 0 Å². The lowest BCUT2D eigenvalue weighted by atomic mass is 10.4. The molecule has 0 bridgehead atoms. The van der Waals surface area contributed by atoms with Crippen molar-refractivity contribution in [3.63, 3.8) is 0 Å². The fourth-order valence-corrected chi connectivity index (χ4v) is 2.80. The van der Waals surface area contributed by atoms with Crippen molar-refractivity contribution < 1.29 is 29.3 Å². The second kappa shape index (κ2) is 14.7. The normalized spacial score (nSPS) is 22.4. The van der Waals surface area contributed by atoms with Gasteiger partial charge in [-0.15, -0.1) is 0 Å². The molecule has 1 heterocycles. The van der Waals surface area contributed by atoms with Gasteiger partial charge < -0.3 is 29.5 Å². The van der Waals surface area contributed by atoms with Crippen LogP contribution in [0, 0.1) is 0 Å². The summed E-state index contributed by atoms with van der Waals surface area (Å²) in [6.45, 7) is 7.31. The van der Waals surface area contributed by atoms with Crippen LogP contribution in [0.25, 0.3) is 0 Å². The number of carboxylic acid groups (broad SMARTS) is 2. The van der Waals surface area contributed by atoms with E-state index >= 15 is 0 Å². The molecule has 2 N–H and O–H groups in total. The van der Waals surface area contributed by atoms with Gasteiger partial charge in [0, 0.05) is 52.4 Å². The summed E-state index contributed by atoms with van der Waals surface area (Å²) in [5.41, 5.74) is 0. The van der Waals surface area contributed by atoms with Crippen molar-refractivity contribution in [1.29, 1.82) is 0 Å². The molecule has 1 fully saturated rings. The molecule has 0 radical (unpaired) electrons. The molecular weight excluding hydrogens is 368 g/mol. The fraction of sp³-hybridized carbons (Fsp3) is 0.889. The Kier molecular flexibility index (Phi) is 13.0. The summed E-state index contributed by atoms with van der Waals surface area (Å²) < 4.78 is 11.3. The number of carbonyl (C=O) groups is 2. The average Bonchev–Trinajstić information content (AvgIpc) is 2.61. The third kappa shape index (κ3) is 13.0. The van der Waals surface area contributed by atoms with E-state index in [0.29, 0.717) is 52.6 Å². The van der Waals surface area contributed by atoms with Gasteiger partial charge >= 0.3 is 11.9 Å². The third-order valence-electron chi connectivity index (χ3n) is 4.65. The van der Waals surface area contributed by atoms with Crippen LogP contribution in [0.2, 0.25) is 0 Å².